The Hall–Kier alpha value is -3.24. The van der Waals surface area contributed by atoms with Crippen LogP contribution < -0.4 is 10.1 Å². The number of halogens is 2. The number of hydrogen-bond acceptors (Lipinski definition) is 7. The van der Waals surface area contributed by atoms with Crippen molar-refractivity contribution in [2.24, 2.45) is 0 Å². The summed E-state index contributed by atoms with van der Waals surface area (Å²) in [6, 6.07) is 6.12. The van der Waals surface area contributed by atoms with Crippen LogP contribution in [0.25, 0.3) is 11.0 Å². The summed E-state index contributed by atoms with van der Waals surface area (Å²) in [6.07, 6.45) is 4.13. The molecule has 11 heteroatoms. The van der Waals surface area contributed by atoms with Crippen LogP contribution in [0.4, 0.5) is 15.9 Å². The van der Waals surface area contributed by atoms with Gasteiger partial charge in [-0.05, 0) is 30.7 Å². The monoisotopic (exact) mass is 459 g/mol. The predicted octanol–water partition coefficient (Wildman–Crippen LogP) is 2.52. The zero-order valence-corrected chi connectivity index (χ0v) is 18.6. The van der Waals surface area contributed by atoms with Crippen molar-refractivity contribution in [3.05, 3.63) is 54.1 Å². The Bertz CT molecular complexity index is 1160. The Morgan fingerprint density at radius 1 is 1.39 bits per heavy atom. The third kappa shape index (κ3) is 4.44. The minimum Gasteiger partial charge on any atom is -0.506 e. The molecule has 3 heterocycles. The second-order valence-electron chi connectivity index (χ2n) is 6.97. The first-order valence-corrected chi connectivity index (χ1v) is 11.8. The maximum absolute atomic E-state index is 14.4. The Morgan fingerprint density at radius 3 is 2.97 bits per heavy atom. The lowest BCUT2D eigenvalue weighted by atomic mass is 10.2. The maximum Gasteiger partial charge on any atom is 0.245 e. The summed E-state index contributed by atoms with van der Waals surface area (Å²) in [7, 11) is -0.683. The molecule has 8 nitrogen and oxygen atoms in total. The first-order chi connectivity index (χ1) is 15.0. The number of amides is 1. The third-order valence-electron chi connectivity index (χ3n) is 4.99. The molecule has 4 rings (SSSR count). The number of nitrogens with one attached hydrogen (secondary N) is 1. The molecular formula is C20H19ClFN5O3Si. The minimum atomic E-state index is -0.798. The molecule has 160 valence electrons. The highest BCUT2D eigenvalue weighted by atomic mass is 35.5. The second-order valence-corrected chi connectivity index (χ2v) is 9.28. The molecule has 0 radical (unpaired) electrons. The molecule has 0 bridgehead atoms. The summed E-state index contributed by atoms with van der Waals surface area (Å²) in [5, 5.41) is 12.0. The van der Waals surface area contributed by atoms with E-state index < -0.39 is 15.3 Å². The lowest BCUT2D eigenvalue weighted by Gasteiger charge is -2.31. The van der Waals surface area contributed by atoms with Crippen LogP contribution in [-0.4, -0.2) is 58.8 Å². The van der Waals surface area contributed by atoms with Gasteiger partial charge in [0.25, 0.3) is 0 Å². The number of anilines is 2. The molecule has 31 heavy (non-hydrogen) atoms. The molecule has 1 atom stereocenters. The van der Waals surface area contributed by atoms with Crippen molar-refractivity contribution in [3.63, 3.8) is 0 Å². The first kappa shape index (κ1) is 21.0. The van der Waals surface area contributed by atoms with Crippen LogP contribution >= 0.6 is 11.6 Å². The van der Waals surface area contributed by atoms with E-state index >= 15 is 0 Å². The second kappa shape index (κ2) is 8.86. The van der Waals surface area contributed by atoms with Gasteiger partial charge in [-0.2, -0.15) is 0 Å². The number of nitrogens with zero attached hydrogens (tertiary/aromatic N) is 4. The van der Waals surface area contributed by atoms with Crippen molar-refractivity contribution in [1.82, 2.24) is 19.9 Å². The van der Waals surface area contributed by atoms with E-state index in [1.54, 1.807) is 17.0 Å². The largest absolute Gasteiger partial charge is 0.506 e. The van der Waals surface area contributed by atoms with Crippen molar-refractivity contribution in [2.75, 3.05) is 18.0 Å². The summed E-state index contributed by atoms with van der Waals surface area (Å²) in [5.74, 6) is -0.511. The fraction of sp³-hybridized carbons (Fsp3) is 0.200. The van der Waals surface area contributed by atoms with E-state index in [2.05, 4.69) is 26.8 Å². The Balaban J connectivity index is 1.55. The van der Waals surface area contributed by atoms with Crippen molar-refractivity contribution < 1.29 is 19.0 Å². The van der Waals surface area contributed by atoms with Crippen molar-refractivity contribution in [3.8, 4) is 11.6 Å². The molecule has 1 saturated heterocycles. The highest BCUT2D eigenvalue weighted by Crippen LogP contribution is 2.33. The van der Waals surface area contributed by atoms with Crippen LogP contribution in [0.3, 0.4) is 0 Å². The van der Waals surface area contributed by atoms with Gasteiger partial charge >= 0.3 is 0 Å². The van der Waals surface area contributed by atoms with Gasteiger partial charge in [-0.25, -0.2) is 19.3 Å². The Labute approximate surface area is 184 Å². The SMILES string of the molecule is C=CC(=O)N1CCC(Oc2ccc3ncnc(Nc4ccc(O)c(Cl)c4F)c3n2)[SiH2]C1. The van der Waals surface area contributed by atoms with Gasteiger partial charge in [-0.1, -0.05) is 18.2 Å². The number of phenols is 1. The number of carbonyl (C=O) groups excluding carboxylic acids is 1. The summed E-state index contributed by atoms with van der Waals surface area (Å²) >= 11 is 5.78. The van der Waals surface area contributed by atoms with Gasteiger partial charge in [0.15, 0.2) is 11.6 Å². The van der Waals surface area contributed by atoms with Crippen LogP contribution in [0.15, 0.2) is 43.2 Å². The van der Waals surface area contributed by atoms with Crippen molar-refractivity contribution in [2.45, 2.75) is 12.1 Å². The normalized spacial score (nSPS) is 17.0. The number of aromatic hydroxyl groups is 1. The average molecular weight is 460 g/mol. The zero-order chi connectivity index (χ0) is 22.0. The molecule has 1 amide bonds. The van der Waals surface area contributed by atoms with Crippen molar-refractivity contribution >= 4 is 49.6 Å². The quantitative estimate of drug-likeness (QED) is 0.343. The van der Waals surface area contributed by atoms with Crippen LogP contribution in [-0.2, 0) is 4.79 Å². The van der Waals surface area contributed by atoms with Gasteiger partial charge in [0.2, 0.25) is 11.8 Å². The molecule has 2 aromatic heterocycles. The lowest BCUT2D eigenvalue weighted by molar-refractivity contribution is -0.125. The Kier molecular flexibility index (Phi) is 6.00. The summed E-state index contributed by atoms with van der Waals surface area (Å²) in [5.41, 5.74) is 1.05. The standard InChI is InChI=1S/C20H19ClFN5O3Si/c1-2-15(29)27-8-7-16(31-10-27)30-14-6-4-12-19(26-14)20(24-9-23-12)25-11-3-5-13(28)17(21)18(11)22/h2-6,9,16,28H,1,7-8,10,31H2,(H,23,24,25). The molecule has 0 aliphatic carbocycles. The lowest BCUT2D eigenvalue weighted by Crippen LogP contribution is -2.46. The van der Waals surface area contributed by atoms with E-state index in [9.17, 15) is 14.3 Å². The van der Waals surface area contributed by atoms with Gasteiger partial charge < -0.3 is 20.1 Å². The van der Waals surface area contributed by atoms with E-state index in [-0.39, 0.29) is 33.9 Å². The fourth-order valence-corrected chi connectivity index (χ4v) is 5.30. The molecule has 1 aliphatic heterocycles. The van der Waals surface area contributed by atoms with Gasteiger partial charge in [0.1, 0.15) is 22.6 Å². The number of aromatic nitrogens is 3. The Morgan fingerprint density at radius 2 is 2.23 bits per heavy atom. The van der Waals surface area contributed by atoms with E-state index in [4.69, 9.17) is 16.3 Å². The number of rotatable bonds is 5. The molecule has 3 aromatic rings. The van der Waals surface area contributed by atoms with Crippen LogP contribution in [0, 0.1) is 5.82 Å². The highest BCUT2D eigenvalue weighted by molar-refractivity contribution is 6.38. The summed E-state index contributed by atoms with van der Waals surface area (Å²) in [6.45, 7) is 4.14. The van der Waals surface area contributed by atoms with Gasteiger partial charge in [-0.3, -0.25) is 4.79 Å². The summed E-state index contributed by atoms with van der Waals surface area (Å²) in [4.78, 5) is 26.4. The maximum atomic E-state index is 14.4. The molecule has 1 aliphatic rings. The number of pyridine rings is 1. The van der Waals surface area contributed by atoms with Crippen LogP contribution in [0.2, 0.25) is 5.02 Å². The van der Waals surface area contributed by atoms with Gasteiger partial charge in [0.05, 0.1) is 26.5 Å². The number of fused-ring (bicyclic) bond motifs is 1. The minimum absolute atomic E-state index is 0.0441. The smallest absolute Gasteiger partial charge is 0.245 e. The number of ether oxygens (including phenoxy) is 1. The van der Waals surface area contributed by atoms with E-state index in [1.807, 2.05) is 0 Å². The van der Waals surface area contributed by atoms with E-state index in [0.717, 1.165) is 12.6 Å². The molecule has 2 N–H and O–H groups in total. The van der Waals surface area contributed by atoms with Crippen LogP contribution in [0.5, 0.6) is 11.6 Å². The summed E-state index contributed by atoms with van der Waals surface area (Å²) < 4.78 is 20.4. The molecule has 1 aromatic carbocycles. The average Bonchev–Trinajstić information content (AvgIpc) is 2.79. The highest BCUT2D eigenvalue weighted by Gasteiger charge is 2.23. The number of carbonyl (C=O) groups is 1. The molecule has 0 saturated carbocycles. The van der Waals surface area contributed by atoms with Gasteiger partial charge in [-0.15, -0.1) is 0 Å². The van der Waals surface area contributed by atoms with Gasteiger partial charge in [0, 0.05) is 18.8 Å². The molecule has 1 unspecified atom stereocenters. The van der Waals surface area contributed by atoms with Crippen LogP contribution in [0.1, 0.15) is 6.42 Å². The molecule has 0 spiro atoms. The topological polar surface area (TPSA) is 100 Å². The molecule has 1 fully saturated rings. The number of phenolic OH excluding ortho intramolecular Hbond substituents is 1. The van der Waals surface area contributed by atoms with E-state index in [0.29, 0.717) is 23.5 Å². The van der Waals surface area contributed by atoms with Crippen molar-refractivity contribution in [1.29, 1.82) is 0 Å². The van der Waals surface area contributed by atoms with E-state index in [1.165, 1.54) is 24.5 Å². The third-order valence-corrected chi connectivity index (χ3v) is 7.36. The predicted molar refractivity (Wildman–Crippen MR) is 118 cm³/mol. The first-order valence-electron chi connectivity index (χ1n) is 9.60. The zero-order valence-electron chi connectivity index (χ0n) is 16.4. The fourth-order valence-electron chi connectivity index (χ4n) is 3.34. The number of benzene rings is 1. The number of hydrogen-bond donors (Lipinski definition) is 2. The molecular weight excluding hydrogens is 441 g/mol.